The third-order valence-corrected chi connectivity index (χ3v) is 2.77. The number of nitrogens with one attached hydrogen (secondary N) is 1. The van der Waals surface area contributed by atoms with Crippen LogP contribution in [0.4, 0.5) is 24.5 Å². The van der Waals surface area contributed by atoms with Crippen LogP contribution in [0.1, 0.15) is 19.4 Å². The highest BCUT2D eigenvalue weighted by atomic mass is 35.5. The van der Waals surface area contributed by atoms with Gasteiger partial charge in [-0.1, -0.05) is 13.8 Å². The number of aliphatic carboxylic acids is 1. The molecule has 1 aromatic rings. The van der Waals surface area contributed by atoms with Gasteiger partial charge in [-0.05, 0) is 18.1 Å². The average Bonchev–Trinajstić information content (AvgIpc) is 2.33. The maximum atomic E-state index is 12.5. The molecule has 0 heterocycles. The van der Waals surface area contributed by atoms with E-state index in [1.165, 1.54) is 0 Å². The summed E-state index contributed by atoms with van der Waals surface area (Å²) in [7, 11) is 0. The molecule has 0 saturated carbocycles. The summed E-state index contributed by atoms with van der Waals surface area (Å²) in [6, 6.07) is 0.746. The zero-order valence-corrected chi connectivity index (χ0v) is 12.4. The van der Waals surface area contributed by atoms with Crippen LogP contribution >= 0.6 is 12.4 Å². The summed E-state index contributed by atoms with van der Waals surface area (Å²) in [6.45, 7) is 3.14. The number of hydrogen-bond acceptors (Lipinski definition) is 4. The van der Waals surface area contributed by atoms with Crippen LogP contribution in [0.3, 0.4) is 0 Å². The second-order valence-electron chi connectivity index (χ2n) is 4.69. The Balaban J connectivity index is 0.00000441. The molecule has 0 fully saturated rings. The van der Waals surface area contributed by atoms with Crippen molar-refractivity contribution in [2.24, 2.45) is 5.92 Å². The Morgan fingerprint density at radius 1 is 1.36 bits per heavy atom. The maximum absolute atomic E-state index is 12.5. The van der Waals surface area contributed by atoms with Crippen LogP contribution in [-0.2, 0) is 11.0 Å². The predicted molar refractivity (Wildman–Crippen MR) is 75.2 cm³/mol. The number of hydrogen-bond donors (Lipinski definition) is 2. The van der Waals surface area contributed by atoms with Crippen LogP contribution in [0.2, 0.25) is 0 Å². The van der Waals surface area contributed by atoms with E-state index in [4.69, 9.17) is 5.11 Å². The number of rotatable bonds is 5. The molecule has 0 saturated heterocycles. The molecule has 2 N–H and O–H groups in total. The largest absolute Gasteiger partial charge is 0.480 e. The van der Waals surface area contributed by atoms with Gasteiger partial charge in [-0.3, -0.25) is 10.1 Å². The molecular weight excluding hydrogens is 329 g/mol. The number of nitro benzene ring substituents is 1. The topological polar surface area (TPSA) is 92.5 Å². The summed E-state index contributed by atoms with van der Waals surface area (Å²) in [5, 5.41) is 22.3. The smallest absolute Gasteiger partial charge is 0.416 e. The van der Waals surface area contributed by atoms with Gasteiger partial charge in [-0.2, -0.15) is 13.2 Å². The first-order valence-corrected chi connectivity index (χ1v) is 5.89. The lowest BCUT2D eigenvalue weighted by atomic mass is 10.0. The van der Waals surface area contributed by atoms with Gasteiger partial charge in [0.15, 0.2) is 0 Å². The minimum absolute atomic E-state index is 0. The molecule has 10 heteroatoms. The summed E-state index contributed by atoms with van der Waals surface area (Å²) >= 11 is 0. The number of anilines is 1. The molecule has 0 spiro atoms. The molecule has 1 atom stereocenters. The standard InChI is InChI=1S/C12H13F3N2O4.ClH/c1-6(2)10(11(18)19)16-8-4-3-7(12(13,14)15)5-9(8)17(20)21;/h3-6,10,16H,1-2H3,(H,18,19);1H/t10-;/m0./s1. The molecule has 1 aromatic carbocycles. The fourth-order valence-electron chi connectivity index (χ4n) is 1.66. The van der Waals surface area contributed by atoms with Crippen LogP contribution in [0.15, 0.2) is 18.2 Å². The average molecular weight is 343 g/mol. The minimum Gasteiger partial charge on any atom is -0.480 e. The number of benzene rings is 1. The van der Waals surface area contributed by atoms with Crippen molar-refractivity contribution in [1.82, 2.24) is 0 Å². The summed E-state index contributed by atoms with van der Waals surface area (Å²) in [5.74, 6) is -1.66. The Morgan fingerprint density at radius 3 is 2.27 bits per heavy atom. The Labute approximate surface area is 129 Å². The van der Waals surface area contributed by atoms with Gasteiger partial charge in [0.05, 0.1) is 10.5 Å². The van der Waals surface area contributed by atoms with Crippen molar-refractivity contribution in [2.75, 3.05) is 5.32 Å². The Hall–Kier alpha value is -2.03. The molecule has 0 aliphatic carbocycles. The number of carbonyl (C=O) groups is 1. The molecule has 0 amide bonds. The quantitative estimate of drug-likeness (QED) is 0.630. The lowest BCUT2D eigenvalue weighted by Crippen LogP contribution is -2.34. The van der Waals surface area contributed by atoms with E-state index >= 15 is 0 Å². The summed E-state index contributed by atoms with van der Waals surface area (Å²) in [5.41, 5.74) is -2.26. The van der Waals surface area contributed by atoms with Crippen molar-refractivity contribution >= 4 is 29.8 Å². The van der Waals surface area contributed by atoms with Gasteiger partial charge >= 0.3 is 12.1 Å². The molecule has 0 unspecified atom stereocenters. The third-order valence-electron chi connectivity index (χ3n) is 2.77. The van der Waals surface area contributed by atoms with E-state index in [1.807, 2.05) is 0 Å². The van der Waals surface area contributed by atoms with Gasteiger partial charge in [0.2, 0.25) is 0 Å². The summed E-state index contributed by atoms with van der Waals surface area (Å²) < 4.78 is 37.6. The first kappa shape index (κ1) is 20.0. The SMILES string of the molecule is CC(C)[C@H](Nc1ccc(C(F)(F)F)cc1[N+](=O)[O-])C(=O)O.Cl. The van der Waals surface area contributed by atoms with E-state index in [-0.39, 0.29) is 18.1 Å². The Bertz CT molecular complexity index is 564. The predicted octanol–water partition coefficient (Wildman–Crippen LogP) is 3.56. The molecule has 124 valence electrons. The van der Waals surface area contributed by atoms with Crippen molar-refractivity contribution in [3.05, 3.63) is 33.9 Å². The lowest BCUT2D eigenvalue weighted by molar-refractivity contribution is -0.384. The fraction of sp³-hybridized carbons (Fsp3) is 0.417. The van der Waals surface area contributed by atoms with Crippen molar-refractivity contribution in [2.45, 2.75) is 26.1 Å². The molecule has 0 aromatic heterocycles. The highest BCUT2D eigenvalue weighted by molar-refractivity contribution is 5.85. The van der Waals surface area contributed by atoms with E-state index in [2.05, 4.69) is 5.32 Å². The van der Waals surface area contributed by atoms with Gasteiger partial charge < -0.3 is 10.4 Å². The van der Waals surface area contributed by atoms with Crippen molar-refractivity contribution in [3.63, 3.8) is 0 Å². The van der Waals surface area contributed by atoms with Gasteiger partial charge in [-0.15, -0.1) is 12.4 Å². The molecule has 1 rings (SSSR count). The first-order valence-electron chi connectivity index (χ1n) is 5.89. The summed E-state index contributed by atoms with van der Waals surface area (Å²) in [4.78, 5) is 20.9. The zero-order chi connectivity index (χ0) is 16.4. The second-order valence-corrected chi connectivity index (χ2v) is 4.69. The molecule has 0 aliphatic rings. The first-order chi connectivity index (χ1) is 9.54. The number of halogens is 4. The number of alkyl halides is 3. The zero-order valence-electron chi connectivity index (χ0n) is 11.5. The van der Waals surface area contributed by atoms with Crippen LogP contribution in [0.25, 0.3) is 0 Å². The van der Waals surface area contributed by atoms with Crippen LogP contribution in [0, 0.1) is 16.0 Å². The van der Waals surface area contributed by atoms with E-state index in [1.54, 1.807) is 13.8 Å². The van der Waals surface area contributed by atoms with Crippen molar-refractivity contribution in [3.8, 4) is 0 Å². The van der Waals surface area contributed by atoms with Crippen LogP contribution < -0.4 is 5.32 Å². The lowest BCUT2D eigenvalue weighted by Gasteiger charge is -2.19. The van der Waals surface area contributed by atoms with E-state index in [0.717, 1.165) is 6.07 Å². The molecule has 0 aliphatic heterocycles. The second kappa shape index (κ2) is 7.30. The number of carboxylic acid groups (broad SMARTS) is 1. The van der Waals surface area contributed by atoms with Gasteiger partial charge in [0.1, 0.15) is 11.7 Å². The van der Waals surface area contributed by atoms with Crippen molar-refractivity contribution < 1.29 is 28.0 Å². The maximum Gasteiger partial charge on any atom is 0.416 e. The number of nitro groups is 1. The number of nitrogens with zero attached hydrogens (tertiary/aromatic N) is 1. The number of carboxylic acids is 1. The molecule has 6 nitrogen and oxygen atoms in total. The minimum atomic E-state index is -4.71. The highest BCUT2D eigenvalue weighted by Gasteiger charge is 2.33. The van der Waals surface area contributed by atoms with E-state index in [0.29, 0.717) is 12.1 Å². The normalized spacial score (nSPS) is 12.5. The molecule has 0 radical (unpaired) electrons. The monoisotopic (exact) mass is 342 g/mol. The summed E-state index contributed by atoms with van der Waals surface area (Å²) in [6.07, 6.45) is -4.71. The Kier molecular flexibility index (Phi) is 6.63. The Morgan fingerprint density at radius 2 is 1.91 bits per heavy atom. The fourth-order valence-corrected chi connectivity index (χ4v) is 1.66. The van der Waals surface area contributed by atoms with Gasteiger partial charge in [0.25, 0.3) is 5.69 Å². The van der Waals surface area contributed by atoms with Crippen LogP contribution in [-0.4, -0.2) is 22.0 Å². The third kappa shape index (κ3) is 4.76. The van der Waals surface area contributed by atoms with E-state index < -0.39 is 40.3 Å². The van der Waals surface area contributed by atoms with Crippen molar-refractivity contribution in [1.29, 1.82) is 0 Å². The van der Waals surface area contributed by atoms with Gasteiger partial charge in [-0.25, -0.2) is 4.79 Å². The van der Waals surface area contributed by atoms with Gasteiger partial charge in [0, 0.05) is 6.07 Å². The van der Waals surface area contributed by atoms with E-state index in [9.17, 15) is 28.1 Å². The molecular formula is C12H14ClF3N2O4. The molecule has 0 bridgehead atoms. The molecule has 22 heavy (non-hydrogen) atoms. The highest BCUT2D eigenvalue weighted by Crippen LogP contribution is 2.35. The van der Waals surface area contributed by atoms with Crippen LogP contribution in [0.5, 0.6) is 0 Å².